The van der Waals surface area contributed by atoms with Crippen LogP contribution in [0.25, 0.3) is 0 Å². The largest absolute Gasteiger partial charge is 0.516 e. The summed E-state index contributed by atoms with van der Waals surface area (Å²) in [6.45, 7) is 0.904. The van der Waals surface area contributed by atoms with E-state index in [1.165, 1.54) is 12.3 Å². The summed E-state index contributed by atoms with van der Waals surface area (Å²) >= 11 is 0. The first kappa shape index (κ1) is 8.04. The molecule has 0 atom stereocenters. The summed E-state index contributed by atoms with van der Waals surface area (Å²) in [4.78, 5) is 0. The summed E-state index contributed by atoms with van der Waals surface area (Å²) in [6.07, 6.45) is 5.56. The summed E-state index contributed by atoms with van der Waals surface area (Å²) < 4.78 is 4.90. The molecule has 0 aliphatic carbocycles. The Bertz CT molecular complexity index is 87.2. The zero-order valence-electron chi connectivity index (χ0n) is 5.16. The van der Waals surface area contributed by atoms with E-state index < -0.39 is 0 Å². The van der Waals surface area contributed by atoms with Crippen molar-refractivity contribution >= 4 is 0 Å². The molecule has 3 nitrogen and oxygen atoms in total. The monoisotopic (exact) mass is 129 g/mol. The maximum absolute atomic E-state index is 8.12. The van der Waals surface area contributed by atoms with Crippen molar-refractivity contribution in [2.45, 2.75) is 0 Å². The highest BCUT2D eigenvalue weighted by Gasteiger charge is 1.75. The summed E-state index contributed by atoms with van der Waals surface area (Å²) in [5.41, 5.74) is 5.02. The molecule has 0 saturated heterocycles. The Balaban J connectivity index is 2.91. The molecule has 0 saturated carbocycles. The van der Waals surface area contributed by atoms with Gasteiger partial charge in [-0.3, -0.25) is 0 Å². The average Bonchev–Trinajstić information content (AvgIpc) is 1.89. The molecule has 3 heteroatoms. The number of rotatable bonds is 4. The minimum Gasteiger partial charge on any atom is -0.516 e. The molecule has 0 amide bonds. The lowest BCUT2D eigenvalue weighted by molar-refractivity contribution is 0.192. The fraction of sp³-hybridized carbons (Fsp3) is 0.333. The van der Waals surface area contributed by atoms with Gasteiger partial charge in [0.1, 0.15) is 0 Å². The lowest BCUT2D eigenvalue weighted by Gasteiger charge is -1.91. The first-order chi connectivity index (χ1) is 4.41. The third kappa shape index (κ3) is 7.04. The van der Waals surface area contributed by atoms with Crippen molar-refractivity contribution in [3.8, 4) is 0 Å². The minimum absolute atomic E-state index is 0.418. The molecule has 0 fully saturated rings. The zero-order chi connectivity index (χ0) is 6.95. The van der Waals surface area contributed by atoms with Crippen LogP contribution in [0.1, 0.15) is 0 Å². The second-order valence-electron chi connectivity index (χ2n) is 1.35. The normalized spacial score (nSPS) is 11.6. The summed E-state index contributed by atoms with van der Waals surface area (Å²) in [7, 11) is 0. The van der Waals surface area contributed by atoms with Crippen LogP contribution in [-0.4, -0.2) is 18.3 Å². The maximum atomic E-state index is 8.12. The molecule has 3 N–H and O–H groups in total. The predicted octanol–water partition coefficient (Wildman–Crippen LogP) is 0.547. The quantitative estimate of drug-likeness (QED) is 0.430. The van der Waals surface area contributed by atoms with Crippen LogP contribution < -0.4 is 5.73 Å². The number of nitrogens with two attached hydrogens (primary N) is 1. The molecule has 0 radical (unpaired) electrons. The van der Waals surface area contributed by atoms with E-state index in [1.54, 1.807) is 6.08 Å². The van der Waals surface area contributed by atoms with Crippen molar-refractivity contribution in [1.29, 1.82) is 0 Å². The molecule has 0 aromatic rings. The van der Waals surface area contributed by atoms with Gasteiger partial charge in [-0.15, -0.1) is 0 Å². The highest BCUT2D eigenvalue weighted by molar-refractivity contribution is 4.76. The molecule has 0 rings (SSSR count). The summed E-state index contributed by atoms with van der Waals surface area (Å²) in [5, 5.41) is 8.12. The summed E-state index contributed by atoms with van der Waals surface area (Å²) in [6, 6.07) is 0. The van der Waals surface area contributed by atoms with Gasteiger partial charge in [0, 0.05) is 0 Å². The summed E-state index contributed by atoms with van der Waals surface area (Å²) in [5.74, 6) is 0. The molecule has 0 aliphatic heterocycles. The van der Waals surface area contributed by atoms with E-state index >= 15 is 0 Å². The van der Waals surface area contributed by atoms with E-state index in [0.717, 1.165) is 6.26 Å². The highest BCUT2D eigenvalue weighted by atomic mass is 16.5. The molecule has 0 aromatic carbocycles. The second kappa shape index (κ2) is 7.04. The van der Waals surface area contributed by atoms with Crippen LogP contribution in [0.5, 0.6) is 0 Å². The van der Waals surface area contributed by atoms with E-state index in [-0.39, 0.29) is 0 Å². The molecule has 9 heavy (non-hydrogen) atoms. The molecule has 0 spiro atoms. The van der Waals surface area contributed by atoms with Crippen molar-refractivity contribution in [1.82, 2.24) is 0 Å². The van der Waals surface area contributed by atoms with Crippen molar-refractivity contribution in [3.05, 3.63) is 24.6 Å². The fourth-order valence-electron chi connectivity index (χ4n) is 0.303. The second-order valence-corrected chi connectivity index (χ2v) is 1.35. The van der Waals surface area contributed by atoms with Gasteiger partial charge in [0.05, 0.1) is 19.5 Å². The SMILES string of the molecule is NC=CCOCC=CO. The number of aliphatic hydroxyl groups is 1. The Labute approximate surface area is 54.4 Å². The van der Waals surface area contributed by atoms with Gasteiger partial charge in [0.15, 0.2) is 0 Å². The number of aliphatic hydroxyl groups excluding tert-OH is 1. The Kier molecular flexibility index (Phi) is 6.29. The van der Waals surface area contributed by atoms with Crippen molar-refractivity contribution in [2.75, 3.05) is 13.2 Å². The lowest BCUT2D eigenvalue weighted by Crippen LogP contribution is -1.91. The van der Waals surface area contributed by atoms with Gasteiger partial charge in [-0.05, 0) is 18.4 Å². The van der Waals surface area contributed by atoms with Gasteiger partial charge in [0.25, 0.3) is 0 Å². The maximum Gasteiger partial charge on any atom is 0.0774 e. The first-order valence-corrected chi connectivity index (χ1v) is 2.65. The molecule has 0 aromatic heterocycles. The first-order valence-electron chi connectivity index (χ1n) is 2.65. The van der Waals surface area contributed by atoms with Gasteiger partial charge in [0.2, 0.25) is 0 Å². The molecule has 0 unspecified atom stereocenters. The Hall–Kier alpha value is -0.960. The third-order valence-corrected chi connectivity index (χ3v) is 0.670. The standard InChI is InChI=1S/C6H11NO2/c7-3-1-5-9-6-2-4-8/h1-4,8H,5-7H2. The van der Waals surface area contributed by atoms with Crippen LogP contribution >= 0.6 is 0 Å². The van der Waals surface area contributed by atoms with Gasteiger partial charge >= 0.3 is 0 Å². The van der Waals surface area contributed by atoms with E-state index in [1.807, 2.05) is 0 Å². The Morgan fingerprint density at radius 2 is 2.00 bits per heavy atom. The smallest absolute Gasteiger partial charge is 0.0774 e. The molecule has 0 aliphatic rings. The predicted molar refractivity (Wildman–Crippen MR) is 35.9 cm³/mol. The Morgan fingerprint density at radius 1 is 1.33 bits per heavy atom. The number of hydrogen-bond acceptors (Lipinski definition) is 3. The van der Waals surface area contributed by atoms with Crippen molar-refractivity contribution in [2.24, 2.45) is 5.73 Å². The molecular formula is C6H11NO2. The molecule has 52 valence electrons. The number of hydrogen-bond donors (Lipinski definition) is 2. The van der Waals surface area contributed by atoms with Crippen LogP contribution in [0.3, 0.4) is 0 Å². The van der Waals surface area contributed by atoms with Crippen molar-refractivity contribution < 1.29 is 9.84 Å². The van der Waals surface area contributed by atoms with Crippen LogP contribution in [0, 0.1) is 0 Å². The van der Waals surface area contributed by atoms with Gasteiger partial charge < -0.3 is 15.6 Å². The number of ether oxygens (including phenoxy) is 1. The highest BCUT2D eigenvalue weighted by Crippen LogP contribution is 1.76. The van der Waals surface area contributed by atoms with E-state index in [2.05, 4.69) is 0 Å². The van der Waals surface area contributed by atoms with E-state index in [4.69, 9.17) is 15.6 Å². The van der Waals surface area contributed by atoms with Crippen LogP contribution in [0.4, 0.5) is 0 Å². The zero-order valence-corrected chi connectivity index (χ0v) is 5.16. The average molecular weight is 129 g/mol. The lowest BCUT2D eigenvalue weighted by atomic mass is 10.6. The van der Waals surface area contributed by atoms with E-state index in [0.29, 0.717) is 13.2 Å². The van der Waals surface area contributed by atoms with Gasteiger partial charge in [-0.2, -0.15) is 0 Å². The van der Waals surface area contributed by atoms with Crippen LogP contribution in [-0.2, 0) is 4.74 Å². The Morgan fingerprint density at radius 3 is 2.56 bits per heavy atom. The van der Waals surface area contributed by atoms with Crippen molar-refractivity contribution in [3.63, 3.8) is 0 Å². The molecule has 0 bridgehead atoms. The van der Waals surface area contributed by atoms with Gasteiger partial charge in [-0.25, -0.2) is 0 Å². The van der Waals surface area contributed by atoms with Crippen LogP contribution in [0.15, 0.2) is 24.6 Å². The third-order valence-electron chi connectivity index (χ3n) is 0.670. The molecular weight excluding hydrogens is 118 g/mol. The topological polar surface area (TPSA) is 55.5 Å². The fourth-order valence-corrected chi connectivity index (χ4v) is 0.303. The minimum atomic E-state index is 0.418. The van der Waals surface area contributed by atoms with Crippen LogP contribution in [0.2, 0.25) is 0 Å². The van der Waals surface area contributed by atoms with E-state index in [9.17, 15) is 0 Å². The van der Waals surface area contributed by atoms with Gasteiger partial charge in [-0.1, -0.05) is 0 Å². The molecule has 0 heterocycles.